The molecule has 3 aromatic rings. The van der Waals surface area contributed by atoms with Crippen LogP contribution in [-0.2, 0) is 13.0 Å². The standard InChI is InChI=1S/C19H23N7S/c1-3-17-24-25-19(27-17)23-16-9-13(2)21-18(22-16)15-6-8-26(12-15)11-14-5-4-7-20-10-14/h4-5,7,9-10,15H,3,6,8,11-12H2,1-2H3,(H,21,22,23,25). The Balaban J connectivity index is 1.45. The van der Waals surface area contributed by atoms with E-state index in [1.165, 1.54) is 5.56 Å². The number of nitrogens with zero attached hydrogens (tertiary/aromatic N) is 6. The first kappa shape index (κ1) is 17.9. The zero-order valence-electron chi connectivity index (χ0n) is 15.6. The van der Waals surface area contributed by atoms with Crippen molar-refractivity contribution in [3.8, 4) is 0 Å². The van der Waals surface area contributed by atoms with Crippen molar-refractivity contribution in [1.29, 1.82) is 0 Å². The summed E-state index contributed by atoms with van der Waals surface area (Å²) in [5.74, 6) is 2.05. The Morgan fingerprint density at radius 2 is 2.22 bits per heavy atom. The third-order valence-electron chi connectivity index (χ3n) is 4.64. The van der Waals surface area contributed by atoms with Gasteiger partial charge in [0.25, 0.3) is 0 Å². The number of aromatic nitrogens is 5. The van der Waals surface area contributed by atoms with Crippen LogP contribution in [0.4, 0.5) is 10.9 Å². The van der Waals surface area contributed by atoms with E-state index in [2.05, 4.69) is 38.4 Å². The summed E-state index contributed by atoms with van der Waals surface area (Å²) in [6.45, 7) is 7.03. The van der Waals surface area contributed by atoms with Crippen LogP contribution in [0.3, 0.4) is 0 Å². The van der Waals surface area contributed by atoms with Gasteiger partial charge in [-0.3, -0.25) is 9.88 Å². The van der Waals surface area contributed by atoms with Gasteiger partial charge in [0.2, 0.25) is 5.13 Å². The van der Waals surface area contributed by atoms with Gasteiger partial charge in [0.05, 0.1) is 0 Å². The van der Waals surface area contributed by atoms with Crippen LogP contribution in [0.2, 0.25) is 0 Å². The second kappa shape index (κ2) is 8.06. The lowest BCUT2D eigenvalue weighted by atomic mass is 10.1. The van der Waals surface area contributed by atoms with Crippen molar-refractivity contribution in [2.24, 2.45) is 0 Å². The van der Waals surface area contributed by atoms with Gasteiger partial charge in [0.15, 0.2) is 0 Å². The van der Waals surface area contributed by atoms with Gasteiger partial charge in [0.1, 0.15) is 16.6 Å². The molecule has 0 aromatic carbocycles. The second-order valence-corrected chi connectivity index (χ2v) is 7.88. The Hall–Kier alpha value is -2.45. The first-order valence-corrected chi connectivity index (χ1v) is 10.1. The molecule has 1 aliphatic heterocycles. The summed E-state index contributed by atoms with van der Waals surface area (Å²) in [6.07, 6.45) is 5.71. The highest BCUT2D eigenvalue weighted by molar-refractivity contribution is 7.15. The molecule has 1 saturated heterocycles. The van der Waals surface area contributed by atoms with Crippen molar-refractivity contribution < 1.29 is 0 Å². The fourth-order valence-electron chi connectivity index (χ4n) is 3.33. The number of nitrogens with one attached hydrogen (secondary N) is 1. The van der Waals surface area contributed by atoms with Crippen LogP contribution in [0.15, 0.2) is 30.6 Å². The highest BCUT2D eigenvalue weighted by Gasteiger charge is 2.26. The van der Waals surface area contributed by atoms with Gasteiger partial charge in [-0.05, 0) is 37.9 Å². The van der Waals surface area contributed by atoms with Crippen LogP contribution in [0.5, 0.6) is 0 Å². The molecule has 0 spiro atoms. The molecule has 1 atom stereocenters. The van der Waals surface area contributed by atoms with E-state index in [1.807, 2.05) is 31.5 Å². The minimum atomic E-state index is 0.350. The molecular weight excluding hydrogens is 358 g/mol. The van der Waals surface area contributed by atoms with E-state index >= 15 is 0 Å². The van der Waals surface area contributed by atoms with Gasteiger partial charge in [-0.1, -0.05) is 24.3 Å². The first-order valence-electron chi connectivity index (χ1n) is 9.26. The van der Waals surface area contributed by atoms with Gasteiger partial charge < -0.3 is 5.32 Å². The third-order valence-corrected chi connectivity index (χ3v) is 5.63. The zero-order chi connectivity index (χ0) is 18.6. The number of rotatable bonds is 6. The Kier molecular flexibility index (Phi) is 5.35. The Labute approximate surface area is 162 Å². The van der Waals surface area contributed by atoms with Gasteiger partial charge in [-0.2, -0.15) is 0 Å². The summed E-state index contributed by atoms with van der Waals surface area (Å²) >= 11 is 1.57. The van der Waals surface area contributed by atoms with Crippen LogP contribution in [-0.4, -0.2) is 43.1 Å². The molecule has 1 aliphatic rings. The Morgan fingerprint density at radius 3 is 3.00 bits per heavy atom. The summed E-state index contributed by atoms with van der Waals surface area (Å²) in [5, 5.41) is 13.4. The van der Waals surface area contributed by atoms with E-state index in [-0.39, 0.29) is 0 Å². The topological polar surface area (TPSA) is 79.7 Å². The second-order valence-electron chi connectivity index (χ2n) is 6.81. The number of pyridine rings is 1. The normalized spacial score (nSPS) is 17.3. The van der Waals surface area contributed by atoms with E-state index in [4.69, 9.17) is 9.97 Å². The van der Waals surface area contributed by atoms with Crippen molar-refractivity contribution in [3.63, 3.8) is 0 Å². The van der Waals surface area contributed by atoms with E-state index < -0.39 is 0 Å². The van der Waals surface area contributed by atoms with E-state index in [0.29, 0.717) is 5.92 Å². The molecule has 1 N–H and O–H groups in total. The quantitative estimate of drug-likeness (QED) is 0.701. The maximum atomic E-state index is 4.77. The fourth-order valence-corrected chi connectivity index (χ4v) is 4.02. The average Bonchev–Trinajstić information content (AvgIpc) is 3.31. The molecule has 0 bridgehead atoms. The van der Waals surface area contributed by atoms with Crippen LogP contribution < -0.4 is 5.32 Å². The predicted octanol–water partition coefficient (Wildman–Crippen LogP) is 3.33. The molecule has 0 amide bonds. The molecule has 7 nitrogen and oxygen atoms in total. The van der Waals surface area contributed by atoms with Crippen molar-refractivity contribution >= 4 is 22.3 Å². The van der Waals surface area contributed by atoms with Crippen LogP contribution in [0.1, 0.15) is 41.4 Å². The summed E-state index contributed by atoms with van der Waals surface area (Å²) in [6, 6.07) is 6.07. The zero-order valence-corrected chi connectivity index (χ0v) is 16.4. The molecule has 0 aliphatic carbocycles. The smallest absolute Gasteiger partial charge is 0.211 e. The Morgan fingerprint density at radius 1 is 1.30 bits per heavy atom. The average molecular weight is 382 g/mol. The lowest BCUT2D eigenvalue weighted by Crippen LogP contribution is -2.20. The lowest BCUT2D eigenvalue weighted by Gasteiger charge is -2.16. The highest BCUT2D eigenvalue weighted by atomic mass is 32.1. The van der Waals surface area contributed by atoms with Crippen molar-refractivity contribution in [1.82, 2.24) is 30.0 Å². The Bertz CT molecular complexity index is 896. The molecule has 27 heavy (non-hydrogen) atoms. The highest BCUT2D eigenvalue weighted by Crippen LogP contribution is 2.28. The van der Waals surface area contributed by atoms with Crippen molar-refractivity contribution in [2.45, 2.75) is 39.2 Å². The van der Waals surface area contributed by atoms with Gasteiger partial charge in [0, 0.05) is 43.2 Å². The van der Waals surface area contributed by atoms with E-state index in [9.17, 15) is 0 Å². The van der Waals surface area contributed by atoms with Gasteiger partial charge >= 0.3 is 0 Å². The molecule has 140 valence electrons. The first-order chi connectivity index (χ1) is 13.2. The van der Waals surface area contributed by atoms with E-state index in [0.717, 1.165) is 60.0 Å². The molecule has 3 aromatic heterocycles. The molecule has 4 rings (SSSR count). The molecule has 1 fully saturated rings. The largest absolute Gasteiger partial charge is 0.315 e. The van der Waals surface area contributed by atoms with E-state index in [1.54, 1.807) is 11.3 Å². The van der Waals surface area contributed by atoms with Gasteiger partial charge in [-0.25, -0.2) is 9.97 Å². The molecular formula is C19H23N7S. The summed E-state index contributed by atoms with van der Waals surface area (Å²) in [5.41, 5.74) is 2.21. The number of anilines is 2. The van der Waals surface area contributed by atoms with Gasteiger partial charge in [-0.15, -0.1) is 10.2 Å². The number of aryl methyl sites for hydroxylation is 2. The molecule has 8 heteroatoms. The third kappa shape index (κ3) is 4.45. The summed E-state index contributed by atoms with van der Waals surface area (Å²) in [4.78, 5) is 16.1. The minimum absolute atomic E-state index is 0.350. The summed E-state index contributed by atoms with van der Waals surface area (Å²) < 4.78 is 0. The molecule has 4 heterocycles. The number of hydrogen-bond donors (Lipinski definition) is 1. The monoisotopic (exact) mass is 381 g/mol. The van der Waals surface area contributed by atoms with Crippen molar-refractivity contribution in [2.75, 3.05) is 18.4 Å². The minimum Gasteiger partial charge on any atom is -0.315 e. The lowest BCUT2D eigenvalue weighted by molar-refractivity contribution is 0.325. The van der Waals surface area contributed by atoms with Crippen LogP contribution in [0, 0.1) is 6.92 Å². The predicted molar refractivity (Wildman–Crippen MR) is 106 cm³/mol. The number of hydrogen-bond acceptors (Lipinski definition) is 8. The molecule has 0 radical (unpaired) electrons. The molecule has 0 saturated carbocycles. The summed E-state index contributed by atoms with van der Waals surface area (Å²) in [7, 11) is 0. The maximum Gasteiger partial charge on any atom is 0.211 e. The van der Waals surface area contributed by atoms with Crippen LogP contribution in [0.25, 0.3) is 0 Å². The van der Waals surface area contributed by atoms with Crippen molar-refractivity contribution in [3.05, 3.63) is 52.7 Å². The maximum absolute atomic E-state index is 4.77. The molecule has 1 unspecified atom stereocenters. The number of likely N-dealkylation sites (tertiary alicyclic amines) is 1. The fraction of sp³-hybridized carbons (Fsp3) is 0.421. The SMILES string of the molecule is CCc1nnc(Nc2cc(C)nc(C3CCN(Cc4cccnc4)C3)n2)s1. The van der Waals surface area contributed by atoms with Crippen LogP contribution >= 0.6 is 11.3 Å².